The second-order valence-corrected chi connectivity index (χ2v) is 6.27. The molecular weight excluding hydrogens is 372 g/mol. The molecule has 0 unspecified atom stereocenters. The summed E-state index contributed by atoms with van der Waals surface area (Å²) in [6.45, 7) is 7.05. The first kappa shape index (κ1) is 19.1. The Kier molecular flexibility index (Phi) is 29.2. The fraction of sp³-hybridized carbons (Fsp3) is 1.00. The van der Waals surface area contributed by atoms with Gasteiger partial charge in [0.1, 0.15) is 0 Å². The van der Waals surface area contributed by atoms with E-state index in [1.165, 1.54) is 18.5 Å². The minimum absolute atomic E-state index is 0. The van der Waals surface area contributed by atoms with E-state index in [0.717, 1.165) is 0 Å². The van der Waals surface area contributed by atoms with Crippen LogP contribution in [-0.4, -0.2) is 36.0 Å². The molecule has 0 aromatic heterocycles. The van der Waals surface area contributed by atoms with Gasteiger partial charge in [0, 0.05) is 6.61 Å². The van der Waals surface area contributed by atoms with E-state index in [1.54, 1.807) is 0 Å². The summed E-state index contributed by atoms with van der Waals surface area (Å²) in [7, 11) is 0.137. The molecule has 1 nitrogen and oxygen atoms in total. The first-order valence-corrected chi connectivity index (χ1v) is 6.99. The van der Waals surface area contributed by atoms with Gasteiger partial charge in [-0.2, -0.15) is 5.75 Å². The third-order valence-electron chi connectivity index (χ3n) is 1.59. The van der Waals surface area contributed by atoms with Gasteiger partial charge < -0.3 is 17.7 Å². The average molecular weight is 393 g/mol. The summed E-state index contributed by atoms with van der Waals surface area (Å²) < 4.78 is 0. The van der Waals surface area contributed by atoms with Crippen molar-refractivity contribution in [3.63, 3.8) is 0 Å². The van der Waals surface area contributed by atoms with Gasteiger partial charge in [-0.1, -0.05) is 0 Å². The molecule has 80 valence electrons. The fourth-order valence-electron chi connectivity index (χ4n) is 0.750. The third-order valence-corrected chi connectivity index (χ3v) is 4.77. The van der Waals surface area contributed by atoms with E-state index in [4.69, 9.17) is 5.11 Å². The largest absolute Gasteiger partial charge is 1.00 e. The molecular formula is C8H21AuOPS+. The molecule has 0 aliphatic heterocycles. The van der Waals surface area contributed by atoms with Crippen molar-refractivity contribution in [2.45, 2.75) is 20.8 Å². The second-order valence-electron chi connectivity index (χ2n) is 2.24. The normalized spacial score (nSPS) is 8.50. The van der Waals surface area contributed by atoms with Crippen LogP contribution in [0.4, 0.5) is 0 Å². The van der Waals surface area contributed by atoms with Crippen LogP contribution in [0.25, 0.3) is 0 Å². The number of rotatable bonds is 4. The van der Waals surface area contributed by atoms with Gasteiger partial charge in [-0.15, -0.1) is 0 Å². The molecule has 0 spiro atoms. The predicted molar refractivity (Wildman–Crippen MR) is 59.3 cm³/mol. The van der Waals surface area contributed by atoms with Gasteiger partial charge in [0.25, 0.3) is 0 Å². The first-order valence-electron chi connectivity index (χ1n) is 4.29. The molecule has 4 heteroatoms. The van der Waals surface area contributed by atoms with Crippen LogP contribution in [0.1, 0.15) is 20.8 Å². The van der Waals surface area contributed by atoms with E-state index in [0.29, 0.717) is 5.75 Å². The molecule has 0 fully saturated rings. The zero-order chi connectivity index (χ0) is 9.11. The molecule has 0 aromatic rings. The quantitative estimate of drug-likeness (QED) is 0.447. The molecule has 0 radical (unpaired) electrons. The van der Waals surface area contributed by atoms with Crippen molar-refractivity contribution >= 4 is 20.6 Å². The van der Waals surface area contributed by atoms with Gasteiger partial charge in [0.05, 0.1) is 18.5 Å². The summed E-state index contributed by atoms with van der Waals surface area (Å²) in [4.78, 5) is 0. The summed E-state index contributed by atoms with van der Waals surface area (Å²) in [6, 6.07) is 0. The first-order chi connectivity index (χ1) is 5.26. The minimum atomic E-state index is 0. The molecule has 0 bridgehead atoms. The van der Waals surface area contributed by atoms with Crippen LogP contribution >= 0.6 is 7.92 Å². The van der Waals surface area contributed by atoms with Crippen LogP contribution in [0, 0.1) is 0 Å². The molecule has 0 aliphatic rings. The topological polar surface area (TPSA) is 20.2 Å². The Hall–Kier alpha value is 1.48. The van der Waals surface area contributed by atoms with Crippen LogP contribution < -0.4 is 0 Å². The van der Waals surface area contributed by atoms with E-state index in [-0.39, 0.29) is 36.9 Å². The van der Waals surface area contributed by atoms with Crippen LogP contribution in [0.3, 0.4) is 0 Å². The van der Waals surface area contributed by atoms with Crippen molar-refractivity contribution in [2.24, 2.45) is 0 Å². The van der Waals surface area contributed by atoms with Gasteiger partial charge in [0.2, 0.25) is 0 Å². The number of hydrogen-bond donors (Lipinski definition) is 1. The van der Waals surface area contributed by atoms with Crippen molar-refractivity contribution in [1.82, 2.24) is 0 Å². The Morgan fingerprint density at radius 2 is 1.33 bits per heavy atom. The molecule has 0 saturated heterocycles. The molecule has 0 aliphatic carbocycles. The fourth-order valence-corrected chi connectivity index (χ4v) is 2.25. The van der Waals surface area contributed by atoms with Gasteiger partial charge >= 0.3 is 22.4 Å². The van der Waals surface area contributed by atoms with Gasteiger partial charge in [-0.25, -0.2) is 0 Å². The zero-order valence-electron chi connectivity index (χ0n) is 8.19. The van der Waals surface area contributed by atoms with E-state index in [9.17, 15) is 0 Å². The van der Waals surface area contributed by atoms with Gasteiger partial charge in [-0.05, 0) is 28.7 Å². The summed E-state index contributed by atoms with van der Waals surface area (Å²) in [5.41, 5.74) is 0. The van der Waals surface area contributed by atoms with Crippen LogP contribution in [-0.2, 0) is 35.0 Å². The van der Waals surface area contributed by atoms with E-state index in [1.807, 2.05) is 0 Å². The zero-order valence-corrected chi connectivity index (χ0v) is 12.2. The van der Waals surface area contributed by atoms with Crippen molar-refractivity contribution in [3.8, 4) is 0 Å². The Labute approximate surface area is 99.4 Å². The van der Waals surface area contributed by atoms with E-state index >= 15 is 0 Å². The molecule has 0 heterocycles. The van der Waals surface area contributed by atoms with Crippen molar-refractivity contribution < 1.29 is 27.5 Å². The molecule has 0 amide bonds. The Bertz CT molecular complexity index is 55.5. The second kappa shape index (κ2) is 18.3. The predicted octanol–water partition coefficient (Wildman–Crippen LogP) is 1.78. The Morgan fingerprint density at radius 3 is 1.33 bits per heavy atom. The summed E-state index contributed by atoms with van der Waals surface area (Å²) in [5.74, 6) is 0.458. The minimum Gasteiger partial charge on any atom is -0.790 e. The molecule has 0 aromatic carbocycles. The van der Waals surface area contributed by atoms with Crippen molar-refractivity contribution in [2.75, 3.05) is 30.8 Å². The van der Waals surface area contributed by atoms with Gasteiger partial charge in [0.15, 0.2) is 0 Å². The molecule has 0 atom stereocenters. The Morgan fingerprint density at radius 1 is 1.08 bits per heavy atom. The monoisotopic (exact) mass is 393 g/mol. The van der Waals surface area contributed by atoms with Gasteiger partial charge in [-0.3, -0.25) is 0 Å². The number of hydrogen-bond acceptors (Lipinski definition) is 2. The molecule has 0 rings (SSSR count). The van der Waals surface area contributed by atoms with E-state index < -0.39 is 0 Å². The molecule has 0 saturated carbocycles. The summed E-state index contributed by atoms with van der Waals surface area (Å²) in [5, 5.41) is 7.77. The summed E-state index contributed by atoms with van der Waals surface area (Å²) in [6.07, 6.45) is 4.37. The maximum atomic E-state index is 7.77. The van der Waals surface area contributed by atoms with Crippen molar-refractivity contribution in [3.05, 3.63) is 0 Å². The SMILES string of the molecule is CC[PH+](CC)CC.OCC[S-].[Au+]. The maximum Gasteiger partial charge on any atom is 1.00 e. The van der Waals surface area contributed by atoms with Crippen LogP contribution in [0.5, 0.6) is 0 Å². The average Bonchev–Trinajstić information content (AvgIpc) is 2.08. The van der Waals surface area contributed by atoms with Crippen LogP contribution in [0.15, 0.2) is 0 Å². The summed E-state index contributed by atoms with van der Waals surface area (Å²) >= 11 is 4.30. The van der Waals surface area contributed by atoms with Crippen molar-refractivity contribution in [1.29, 1.82) is 0 Å². The standard InChI is InChI=1S/C6H15P.C2H6OS.Au/c1-4-7(5-2)6-3;3-1-2-4;/h4-6H2,1-3H3;3-4H,1-2H2;/q;;+1. The van der Waals surface area contributed by atoms with Crippen LogP contribution in [0.2, 0.25) is 0 Å². The smallest absolute Gasteiger partial charge is 0.790 e. The third kappa shape index (κ3) is 17.5. The molecule has 1 N–H and O–H groups in total. The number of aliphatic hydroxyl groups excluding tert-OH is 1. The number of aliphatic hydroxyl groups is 1. The maximum absolute atomic E-state index is 7.77. The van der Waals surface area contributed by atoms with E-state index in [2.05, 4.69) is 33.4 Å². The molecule has 12 heavy (non-hydrogen) atoms. The Balaban J connectivity index is -0.000000142.